The van der Waals surface area contributed by atoms with E-state index in [0.717, 1.165) is 0 Å². The van der Waals surface area contributed by atoms with Crippen molar-refractivity contribution in [2.75, 3.05) is 7.11 Å². The smallest absolute Gasteiger partial charge is 0.358 e. The normalized spacial score (nSPS) is 10.5. The number of carboxylic acid groups (broad SMARTS) is 1. The highest BCUT2D eigenvalue weighted by Gasteiger charge is 2.15. The molecule has 0 unspecified atom stereocenters. The van der Waals surface area contributed by atoms with Gasteiger partial charge in [0.05, 0.1) is 11.6 Å². The van der Waals surface area contributed by atoms with Crippen LogP contribution in [0, 0.1) is 0 Å². The lowest BCUT2D eigenvalue weighted by atomic mass is 10.4. The molecule has 2 heterocycles. The molecule has 1 N–H and O–H groups in total. The number of fused-ring (bicyclic) bond motifs is 1. The third-order valence-corrected chi connectivity index (χ3v) is 2.37. The first-order valence-electron chi connectivity index (χ1n) is 3.94. The molecule has 6 nitrogen and oxygen atoms in total. The Morgan fingerprint density at radius 2 is 2.40 bits per heavy atom. The molecule has 0 spiro atoms. The molecule has 78 valence electrons. The number of ether oxygens (including phenoxy) is 1. The van der Waals surface area contributed by atoms with Gasteiger partial charge in [0.15, 0.2) is 11.3 Å². The molecule has 15 heavy (non-hydrogen) atoms. The third-order valence-electron chi connectivity index (χ3n) is 1.83. The first-order valence-corrected chi connectivity index (χ1v) is 4.73. The second-order valence-electron chi connectivity index (χ2n) is 2.73. The summed E-state index contributed by atoms with van der Waals surface area (Å²) in [6, 6.07) is 0. The van der Waals surface area contributed by atoms with E-state index in [4.69, 9.17) is 9.84 Å². The predicted octanol–water partition coefficient (Wildman–Crippen LogP) is 1.20. The third kappa shape index (κ3) is 1.54. The Balaban J connectivity index is 2.74. The summed E-state index contributed by atoms with van der Waals surface area (Å²) in [7, 11) is 1.46. The zero-order valence-electron chi connectivity index (χ0n) is 7.64. The Kier molecular flexibility index (Phi) is 2.31. The zero-order chi connectivity index (χ0) is 11.0. The molecule has 0 saturated heterocycles. The molecule has 0 bridgehead atoms. The maximum absolute atomic E-state index is 10.8. The van der Waals surface area contributed by atoms with Crippen LogP contribution in [0.5, 0.6) is 5.88 Å². The Morgan fingerprint density at radius 1 is 1.67 bits per heavy atom. The Labute approximate surface area is 92.7 Å². The van der Waals surface area contributed by atoms with Crippen LogP contribution in [0.1, 0.15) is 10.5 Å². The van der Waals surface area contributed by atoms with Gasteiger partial charge in [-0.05, 0) is 15.9 Å². The van der Waals surface area contributed by atoms with Crippen molar-refractivity contribution in [2.24, 2.45) is 0 Å². The summed E-state index contributed by atoms with van der Waals surface area (Å²) in [6.07, 6.45) is 3.02. The fourth-order valence-corrected chi connectivity index (χ4v) is 1.65. The number of carboxylic acids is 1. The molecule has 0 aliphatic heterocycles. The number of rotatable bonds is 2. The molecule has 0 saturated carbocycles. The van der Waals surface area contributed by atoms with Gasteiger partial charge in [0, 0.05) is 6.20 Å². The zero-order valence-corrected chi connectivity index (χ0v) is 9.22. The first-order chi connectivity index (χ1) is 7.13. The first kappa shape index (κ1) is 9.91. The molecule has 0 amide bonds. The summed E-state index contributed by atoms with van der Waals surface area (Å²) in [5.41, 5.74) is 0.156. The van der Waals surface area contributed by atoms with Crippen molar-refractivity contribution in [3.8, 4) is 5.88 Å². The molecule has 2 aromatic heterocycles. The van der Waals surface area contributed by atoms with Crippen LogP contribution in [0.3, 0.4) is 0 Å². The van der Waals surface area contributed by atoms with Crippen LogP contribution in [0.2, 0.25) is 0 Å². The van der Waals surface area contributed by atoms with Crippen LogP contribution < -0.4 is 4.74 Å². The highest BCUT2D eigenvalue weighted by atomic mass is 79.9. The lowest BCUT2D eigenvalue weighted by molar-refractivity contribution is 0.0693. The van der Waals surface area contributed by atoms with Crippen molar-refractivity contribution in [1.29, 1.82) is 0 Å². The topological polar surface area (TPSA) is 76.7 Å². The van der Waals surface area contributed by atoms with E-state index in [-0.39, 0.29) is 11.3 Å². The Hall–Kier alpha value is -1.63. The fourth-order valence-electron chi connectivity index (χ4n) is 1.18. The average molecular weight is 272 g/mol. The number of methoxy groups -OCH3 is 1. The second kappa shape index (κ2) is 3.50. The largest absolute Gasteiger partial charge is 0.480 e. The van der Waals surface area contributed by atoms with Crippen molar-refractivity contribution < 1.29 is 14.6 Å². The number of carbonyl (C=O) groups is 1. The van der Waals surface area contributed by atoms with E-state index in [9.17, 15) is 4.79 Å². The van der Waals surface area contributed by atoms with Gasteiger partial charge in [-0.25, -0.2) is 9.78 Å². The summed E-state index contributed by atoms with van der Waals surface area (Å²) in [6.45, 7) is 0. The lowest BCUT2D eigenvalue weighted by Crippen LogP contribution is -2.00. The molecular formula is C8H6BrN3O3. The van der Waals surface area contributed by atoms with E-state index in [2.05, 4.69) is 25.9 Å². The molecular weight excluding hydrogens is 266 g/mol. The van der Waals surface area contributed by atoms with Crippen molar-refractivity contribution >= 4 is 27.5 Å². The molecule has 0 aliphatic rings. The number of imidazole rings is 1. The molecule has 0 radical (unpaired) electrons. The number of hydrogen-bond donors (Lipinski definition) is 1. The fraction of sp³-hybridized carbons (Fsp3) is 0.125. The molecule has 2 aromatic rings. The quantitative estimate of drug-likeness (QED) is 0.888. The van der Waals surface area contributed by atoms with Gasteiger partial charge >= 0.3 is 5.97 Å². The SMILES string of the molecule is COc1nc2c(C(=O)O)ncn2cc1Br. The van der Waals surface area contributed by atoms with Gasteiger partial charge < -0.3 is 9.84 Å². The van der Waals surface area contributed by atoms with Gasteiger partial charge in [-0.2, -0.15) is 4.98 Å². The maximum atomic E-state index is 10.8. The molecule has 0 atom stereocenters. The van der Waals surface area contributed by atoms with Crippen LogP contribution in [0.25, 0.3) is 5.65 Å². The molecule has 2 rings (SSSR count). The molecule has 0 aliphatic carbocycles. The second-order valence-corrected chi connectivity index (χ2v) is 3.58. The number of nitrogens with zero attached hydrogens (tertiary/aromatic N) is 3. The van der Waals surface area contributed by atoms with E-state index >= 15 is 0 Å². The van der Waals surface area contributed by atoms with E-state index in [1.807, 2.05) is 0 Å². The standard InChI is InChI=1S/C8H6BrN3O3/c1-15-7-4(9)2-12-3-10-5(8(13)14)6(12)11-7/h2-3H,1H3,(H,13,14). The van der Waals surface area contributed by atoms with Gasteiger partial charge in [-0.15, -0.1) is 0 Å². The monoisotopic (exact) mass is 271 g/mol. The number of aromatic nitrogens is 3. The molecule has 0 aromatic carbocycles. The number of hydrogen-bond acceptors (Lipinski definition) is 4. The van der Waals surface area contributed by atoms with Crippen LogP contribution in [-0.2, 0) is 0 Å². The van der Waals surface area contributed by atoms with E-state index < -0.39 is 5.97 Å². The highest BCUT2D eigenvalue weighted by Crippen LogP contribution is 2.23. The van der Waals surface area contributed by atoms with Crippen molar-refractivity contribution in [2.45, 2.75) is 0 Å². The van der Waals surface area contributed by atoms with Gasteiger partial charge in [0.2, 0.25) is 5.88 Å². The van der Waals surface area contributed by atoms with Gasteiger partial charge in [-0.1, -0.05) is 0 Å². The summed E-state index contributed by atoms with van der Waals surface area (Å²) in [5.74, 6) is -0.792. The average Bonchev–Trinajstić information content (AvgIpc) is 2.59. The van der Waals surface area contributed by atoms with Crippen molar-refractivity contribution in [1.82, 2.24) is 14.4 Å². The van der Waals surface area contributed by atoms with Crippen LogP contribution in [0.4, 0.5) is 0 Å². The highest BCUT2D eigenvalue weighted by molar-refractivity contribution is 9.10. The summed E-state index contributed by atoms with van der Waals surface area (Å²) in [5, 5.41) is 8.84. The summed E-state index contributed by atoms with van der Waals surface area (Å²) in [4.78, 5) is 18.6. The molecule has 0 fully saturated rings. The minimum absolute atomic E-state index is 0.0965. The number of aromatic carboxylic acids is 1. The minimum Gasteiger partial charge on any atom is -0.480 e. The van der Waals surface area contributed by atoms with Crippen molar-refractivity contribution in [3.05, 3.63) is 22.7 Å². The maximum Gasteiger partial charge on any atom is 0.358 e. The van der Waals surface area contributed by atoms with Gasteiger partial charge in [0.25, 0.3) is 0 Å². The molecule has 7 heteroatoms. The Morgan fingerprint density at radius 3 is 3.00 bits per heavy atom. The number of halogens is 1. The van der Waals surface area contributed by atoms with Crippen molar-refractivity contribution in [3.63, 3.8) is 0 Å². The van der Waals surface area contributed by atoms with Crippen LogP contribution in [0.15, 0.2) is 17.0 Å². The van der Waals surface area contributed by atoms with E-state index in [1.54, 1.807) is 6.20 Å². The van der Waals surface area contributed by atoms with Crippen LogP contribution in [-0.4, -0.2) is 32.6 Å². The summed E-state index contributed by atoms with van der Waals surface area (Å²) < 4.78 is 7.11. The Bertz CT molecular complexity index is 537. The van der Waals surface area contributed by atoms with Gasteiger partial charge in [-0.3, -0.25) is 4.40 Å². The lowest BCUT2D eigenvalue weighted by Gasteiger charge is -2.02. The predicted molar refractivity (Wildman–Crippen MR) is 54.2 cm³/mol. The minimum atomic E-state index is -1.12. The van der Waals surface area contributed by atoms with Gasteiger partial charge in [0.1, 0.15) is 6.33 Å². The van der Waals surface area contributed by atoms with E-state index in [0.29, 0.717) is 10.4 Å². The van der Waals surface area contributed by atoms with Crippen LogP contribution >= 0.6 is 15.9 Å². The summed E-state index contributed by atoms with van der Waals surface area (Å²) >= 11 is 3.24. The van der Waals surface area contributed by atoms with E-state index in [1.165, 1.54) is 17.8 Å².